The number of nitrogens with zero attached hydrogens (tertiary/aromatic N) is 2. The standard InChI is InChI=1S/C18H16BrN3O2/c1-11-4-3-5-12(2)17(11)21-16(23)9-22-10-20-15-7-6-13(19)8-14(15)18(22)24/h3-8,10H,9H2,1-2H3,(H,21,23). The lowest BCUT2D eigenvalue weighted by Crippen LogP contribution is -2.28. The Kier molecular flexibility index (Phi) is 4.49. The van der Waals surface area contributed by atoms with Gasteiger partial charge in [-0.3, -0.25) is 14.2 Å². The minimum absolute atomic E-state index is 0.0813. The predicted octanol–water partition coefficient (Wildman–Crippen LogP) is 3.41. The van der Waals surface area contributed by atoms with Crippen molar-refractivity contribution >= 4 is 38.4 Å². The van der Waals surface area contributed by atoms with E-state index in [1.54, 1.807) is 12.1 Å². The molecule has 5 nitrogen and oxygen atoms in total. The van der Waals surface area contributed by atoms with Gasteiger partial charge in [0, 0.05) is 10.2 Å². The first-order valence-electron chi connectivity index (χ1n) is 7.46. The van der Waals surface area contributed by atoms with E-state index in [4.69, 9.17) is 0 Å². The number of hydrogen-bond acceptors (Lipinski definition) is 3. The van der Waals surface area contributed by atoms with Gasteiger partial charge in [0.05, 0.1) is 17.2 Å². The summed E-state index contributed by atoms with van der Waals surface area (Å²) < 4.78 is 2.11. The van der Waals surface area contributed by atoms with E-state index in [1.807, 2.05) is 38.1 Å². The van der Waals surface area contributed by atoms with E-state index in [2.05, 4.69) is 26.2 Å². The first-order chi connectivity index (χ1) is 11.5. The topological polar surface area (TPSA) is 64.0 Å². The van der Waals surface area contributed by atoms with E-state index in [0.717, 1.165) is 21.3 Å². The Hall–Kier alpha value is -2.47. The van der Waals surface area contributed by atoms with Crippen LogP contribution in [-0.2, 0) is 11.3 Å². The molecule has 0 fully saturated rings. The fraction of sp³-hybridized carbons (Fsp3) is 0.167. The molecule has 0 aliphatic carbocycles. The normalized spacial score (nSPS) is 10.8. The molecule has 1 amide bonds. The van der Waals surface area contributed by atoms with Gasteiger partial charge in [0.25, 0.3) is 5.56 Å². The zero-order valence-electron chi connectivity index (χ0n) is 13.3. The third kappa shape index (κ3) is 3.23. The second kappa shape index (κ2) is 6.57. The zero-order chi connectivity index (χ0) is 17.3. The van der Waals surface area contributed by atoms with Gasteiger partial charge in [-0.2, -0.15) is 0 Å². The molecule has 122 valence electrons. The Balaban J connectivity index is 1.88. The first-order valence-corrected chi connectivity index (χ1v) is 8.26. The van der Waals surface area contributed by atoms with Crippen molar-refractivity contribution in [1.82, 2.24) is 9.55 Å². The first kappa shape index (κ1) is 16.4. The van der Waals surface area contributed by atoms with Crippen LogP contribution in [0.2, 0.25) is 0 Å². The largest absolute Gasteiger partial charge is 0.324 e. The van der Waals surface area contributed by atoms with Gasteiger partial charge in [0.15, 0.2) is 0 Å². The number of para-hydroxylation sites is 1. The maximum absolute atomic E-state index is 12.5. The Morgan fingerprint density at radius 1 is 1.21 bits per heavy atom. The number of carbonyl (C=O) groups is 1. The smallest absolute Gasteiger partial charge is 0.261 e. The molecule has 3 aromatic rings. The van der Waals surface area contributed by atoms with E-state index in [1.165, 1.54) is 10.9 Å². The molecule has 0 saturated carbocycles. The maximum atomic E-state index is 12.5. The molecule has 0 saturated heterocycles. The minimum Gasteiger partial charge on any atom is -0.324 e. The Morgan fingerprint density at radius 3 is 2.62 bits per heavy atom. The Bertz CT molecular complexity index is 975. The minimum atomic E-state index is -0.259. The van der Waals surface area contributed by atoms with E-state index in [0.29, 0.717) is 10.9 Å². The second-order valence-electron chi connectivity index (χ2n) is 5.65. The van der Waals surface area contributed by atoms with Crippen LogP contribution in [0.1, 0.15) is 11.1 Å². The zero-order valence-corrected chi connectivity index (χ0v) is 14.9. The van der Waals surface area contributed by atoms with Crippen LogP contribution in [0.15, 0.2) is 52.0 Å². The fourth-order valence-electron chi connectivity index (χ4n) is 2.59. The highest BCUT2D eigenvalue weighted by atomic mass is 79.9. The lowest BCUT2D eigenvalue weighted by atomic mass is 10.1. The molecule has 2 aromatic carbocycles. The number of hydrogen-bond donors (Lipinski definition) is 1. The van der Waals surface area contributed by atoms with Crippen LogP contribution >= 0.6 is 15.9 Å². The van der Waals surface area contributed by atoms with Crippen molar-refractivity contribution in [3.63, 3.8) is 0 Å². The lowest BCUT2D eigenvalue weighted by Gasteiger charge is -2.12. The summed E-state index contributed by atoms with van der Waals surface area (Å²) in [5.74, 6) is -0.259. The molecule has 1 aromatic heterocycles. The van der Waals surface area contributed by atoms with Crippen LogP contribution in [-0.4, -0.2) is 15.5 Å². The number of halogens is 1. The molecule has 1 N–H and O–H groups in total. The molecule has 0 aliphatic heterocycles. The molecule has 0 aliphatic rings. The number of benzene rings is 2. The van der Waals surface area contributed by atoms with Gasteiger partial charge in [-0.05, 0) is 43.2 Å². The highest BCUT2D eigenvalue weighted by Gasteiger charge is 2.11. The van der Waals surface area contributed by atoms with Gasteiger partial charge < -0.3 is 5.32 Å². The quantitative estimate of drug-likeness (QED) is 0.751. The summed E-state index contributed by atoms with van der Waals surface area (Å²) in [6.07, 6.45) is 1.41. The van der Waals surface area contributed by atoms with Gasteiger partial charge in [-0.25, -0.2) is 4.98 Å². The maximum Gasteiger partial charge on any atom is 0.261 e. The fourth-order valence-corrected chi connectivity index (χ4v) is 2.95. The van der Waals surface area contributed by atoms with E-state index < -0.39 is 0 Å². The molecule has 0 bridgehead atoms. The summed E-state index contributed by atoms with van der Waals surface area (Å²) in [6.45, 7) is 3.79. The lowest BCUT2D eigenvalue weighted by molar-refractivity contribution is -0.116. The molecular weight excluding hydrogens is 370 g/mol. The molecule has 0 spiro atoms. The van der Waals surface area contributed by atoms with Crippen LogP contribution in [0, 0.1) is 13.8 Å². The van der Waals surface area contributed by atoms with Gasteiger partial charge >= 0.3 is 0 Å². The molecular formula is C18H16BrN3O2. The highest BCUT2D eigenvalue weighted by Crippen LogP contribution is 2.19. The number of aromatic nitrogens is 2. The van der Waals surface area contributed by atoms with Gasteiger partial charge in [-0.15, -0.1) is 0 Å². The van der Waals surface area contributed by atoms with Crippen molar-refractivity contribution in [3.05, 3.63) is 68.7 Å². The van der Waals surface area contributed by atoms with Gasteiger partial charge in [-0.1, -0.05) is 34.1 Å². The number of amides is 1. The molecule has 0 radical (unpaired) electrons. The number of anilines is 1. The van der Waals surface area contributed by atoms with Crippen molar-refractivity contribution < 1.29 is 4.79 Å². The molecule has 1 heterocycles. The summed E-state index contributed by atoms with van der Waals surface area (Å²) in [4.78, 5) is 29.1. The summed E-state index contributed by atoms with van der Waals surface area (Å²) in [5.41, 5.74) is 3.12. The molecule has 0 atom stereocenters. The van der Waals surface area contributed by atoms with Crippen molar-refractivity contribution in [2.45, 2.75) is 20.4 Å². The highest BCUT2D eigenvalue weighted by molar-refractivity contribution is 9.10. The third-order valence-corrected chi connectivity index (χ3v) is 4.34. The molecule has 6 heteroatoms. The number of nitrogens with one attached hydrogen (secondary N) is 1. The summed E-state index contributed by atoms with van der Waals surface area (Å²) in [5, 5.41) is 3.36. The number of carbonyl (C=O) groups excluding carboxylic acids is 1. The van der Waals surface area contributed by atoms with E-state index >= 15 is 0 Å². The molecule has 3 rings (SSSR count). The SMILES string of the molecule is Cc1cccc(C)c1NC(=O)Cn1cnc2ccc(Br)cc2c1=O. The van der Waals surface area contributed by atoms with Crippen LogP contribution in [0.25, 0.3) is 10.9 Å². The monoisotopic (exact) mass is 385 g/mol. The van der Waals surface area contributed by atoms with Crippen LogP contribution < -0.4 is 10.9 Å². The van der Waals surface area contributed by atoms with Crippen LogP contribution in [0.3, 0.4) is 0 Å². The van der Waals surface area contributed by atoms with Crippen molar-refractivity contribution in [1.29, 1.82) is 0 Å². The Morgan fingerprint density at radius 2 is 1.92 bits per heavy atom. The average Bonchev–Trinajstić information content (AvgIpc) is 2.54. The van der Waals surface area contributed by atoms with Crippen molar-refractivity contribution in [2.24, 2.45) is 0 Å². The van der Waals surface area contributed by atoms with Gasteiger partial charge in [0.1, 0.15) is 6.54 Å². The van der Waals surface area contributed by atoms with E-state index in [9.17, 15) is 9.59 Å². The summed E-state index contributed by atoms with van der Waals surface area (Å²) in [6, 6.07) is 11.1. The molecule has 24 heavy (non-hydrogen) atoms. The number of fused-ring (bicyclic) bond motifs is 1. The third-order valence-electron chi connectivity index (χ3n) is 3.85. The summed E-state index contributed by atoms with van der Waals surface area (Å²) in [7, 11) is 0. The predicted molar refractivity (Wildman–Crippen MR) is 98.2 cm³/mol. The van der Waals surface area contributed by atoms with E-state index in [-0.39, 0.29) is 18.0 Å². The second-order valence-corrected chi connectivity index (χ2v) is 6.57. The van der Waals surface area contributed by atoms with Crippen molar-refractivity contribution in [2.75, 3.05) is 5.32 Å². The number of aryl methyl sites for hydroxylation is 2. The number of rotatable bonds is 3. The Labute approximate surface area is 147 Å². The average molecular weight is 386 g/mol. The van der Waals surface area contributed by atoms with Crippen LogP contribution in [0.5, 0.6) is 0 Å². The summed E-state index contributed by atoms with van der Waals surface area (Å²) >= 11 is 3.35. The molecule has 0 unspecified atom stereocenters. The van der Waals surface area contributed by atoms with Gasteiger partial charge in [0.2, 0.25) is 5.91 Å². The van der Waals surface area contributed by atoms with Crippen molar-refractivity contribution in [3.8, 4) is 0 Å². The van der Waals surface area contributed by atoms with Crippen LogP contribution in [0.4, 0.5) is 5.69 Å².